The standard InChI is InChI=1S/C15H30N2O3/c1-4-8-16-9-7-13-5-6-14(12(2)18)17(10-13)15(19)11-20-3/h12-14,16,18H,4-11H2,1-3H3/t12-,13+,14?/m0/s1. The Balaban J connectivity index is 2.49. The predicted molar refractivity (Wildman–Crippen MR) is 79.6 cm³/mol. The van der Waals surface area contributed by atoms with E-state index < -0.39 is 6.10 Å². The van der Waals surface area contributed by atoms with E-state index >= 15 is 0 Å². The van der Waals surface area contributed by atoms with Crippen LogP contribution in [-0.4, -0.2) is 61.4 Å². The first-order valence-electron chi connectivity index (χ1n) is 7.77. The molecule has 1 heterocycles. The Hall–Kier alpha value is -0.650. The monoisotopic (exact) mass is 286 g/mol. The van der Waals surface area contributed by atoms with Crippen LogP contribution in [0.15, 0.2) is 0 Å². The summed E-state index contributed by atoms with van der Waals surface area (Å²) in [5.74, 6) is 0.514. The number of hydrogen-bond donors (Lipinski definition) is 2. The van der Waals surface area contributed by atoms with Crippen molar-refractivity contribution in [1.82, 2.24) is 10.2 Å². The molecular weight excluding hydrogens is 256 g/mol. The zero-order valence-corrected chi connectivity index (χ0v) is 13.1. The molecule has 1 amide bonds. The van der Waals surface area contributed by atoms with E-state index in [1.807, 2.05) is 4.90 Å². The number of methoxy groups -OCH3 is 1. The number of aliphatic hydroxyl groups excluding tert-OH is 1. The van der Waals surface area contributed by atoms with E-state index in [-0.39, 0.29) is 18.6 Å². The Labute approximate surface area is 122 Å². The van der Waals surface area contributed by atoms with Crippen LogP contribution in [0.2, 0.25) is 0 Å². The van der Waals surface area contributed by atoms with Crippen LogP contribution in [0.3, 0.4) is 0 Å². The van der Waals surface area contributed by atoms with Crippen LogP contribution < -0.4 is 5.32 Å². The summed E-state index contributed by atoms with van der Waals surface area (Å²) in [4.78, 5) is 13.9. The van der Waals surface area contributed by atoms with Gasteiger partial charge in [0.25, 0.3) is 0 Å². The van der Waals surface area contributed by atoms with E-state index in [0.717, 1.165) is 45.3 Å². The van der Waals surface area contributed by atoms with Crippen molar-refractivity contribution in [2.24, 2.45) is 5.92 Å². The number of carbonyl (C=O) groups is 1. The van der Waals surface area contributed by atoms with Crippen molar-refractivity contribution in [2.75, 3.05) is 33.4 Å². The van der Waals surface area contributed by atoms with Crippen LogP contribution in [0.4, 0.5) is 0 Å². The normalized spacial score (nSPS) is 24.7. The summed E-state index contributed by atoms with van der Waals surface area (Å²) in [5, 5.41) is 13.3. The first kappa shape index (κ1) is 17.4. The van der Waals surface area contributed by atoms with Gasteiger partial charge in [-0.3, -0.25) is 4.79 Å². The number of carbonyl (C=O) groups excluding carboxylic acids is 1. The Kier molecular flexibility index (Phi) is 8.11. The highest BCUT2D eigenvalue weighted by molar-refractivity contribution is 5.78. The molecule has 0 bridgehead atoms. The molecule has 0 saturated carbocycles. The van der Waals surface area contributed by atoms with Gasteiger partial charge in [0.1, 0.15) is 6.61 Å². The number of aliphatic hydroxyl groups is 1. The van der Waals surface area contributed by atoms with Crippen molar-refractivity contribution in [1.29, 1.82) is 0 Å². The first-order valence-corrected chi connectivity index (χ1v) is 7.77. The fourth-order valence-electron chi connectivity index (χ4n) is 2.91. The molecule has 0 aromatic heterocycles. The minimum absolute atomic E-state index is 0.00961. The fraction of sp³-hybridized carbons (Fsp3) is 0.933. The van der Waals surface area contributed by atoms with Gasteiger partial charge in [0.05, 0.1) is 12.1 Å². The number of piperidine rings is 1. The maximum Gasteiger partial charge on any atom is 0.248 e. The Morgan fingerprint density at radius 3 is 2.80 bits per heavy atom. The number of hydrogen-bond acceptors (Lipinski definition) is 4. The van der Waals surface area contributed by atoms with Gasteiger partial charge in [-0.15, -0.1) is 0 Å². The lowest BCUT2D eigenvalue weighted by Crippen LogP contribution is -2.52. The molecule has 0 radical (unpaired) electrons. The van der Waals surface area contributed by atoms with E-state index in [1.54, 1.807) is 6.92 Å². The maximum absolute atomic E-state index is 12.1. The number of amides is 1. The lowest BCUT2D eigenvalue weighted by Gasteiger charge is -2.41. The van der Waals surface area contributed by atoms with Gasteiger partial charge in [-0.05, 0) is 51.6 Å². The lowest BCUT2D eigenvalue weighted by molar-refractivity contribution is -0.143. The molecule has 1 aliphatic rings. The molecule has 0 aromatic carbocycles. The van der Waals surface area contributed by atoms with Crippen LogP contribution in [0, 0.1) is 5.92 Å². The molecule has 1 rings (SSSR count). The Bertz CT molecular complexity index is 284. The van der Waals surface area contributed by atoms with Crippen LogP contribution in [-0.2, 0) is 9.53 Å². The highest BCUT2D eigenvalue weighted by Crippen LogP contribution is 2.26. The number of ether oxygens (including phenoxy) is 1. The third-order valence-electron chi connectivity index (χ3n) is 4.03. The molecule has 2 N–H and O–H groups in total. The second-order valence-electron chi connectivity index (χ2n) is 5.77. The van der Waals surface area contributed by atoms with Gasteiger partial charge in [-0.1, -0.05) is 6.92 Å². The van der Waals surface area contributed by atoms with Gasteiger partial charge < -0.3 is 20.1 Å². The summed E-state index contributed by atoms with van der Waals surface area (Å²) in [6.07, 6.45) is 3.72. The number of likely N-dealkylation sites (tertiary alicyclic amines) is 1. The third-order valence-corrected chi connectivity index (χ3v) is 4.03. The SMILES string of the molecule is CCCNCC[C@H]1CCC([C@H](C)O)N(C(=O)COC)C1. The van der Waals surface area contributed by atoms with Crippen molar-refractivity contribution in [3.8, 4) is 0 Å². The molecule has 118 valence electrons. The van der Waals surface area contributed by atoms with E-state index in [2.05, 4.69) is 12.2 Å². The molecule has 1 aliphatic heterocycles. The van der Waals surface area contributed by atoms with E-state index in [9.17, 15) is 9.90 Å². The predicted octanol–water partition coefficient (Wildman–Crippen LogP) is 1.01. The zero-order valence-electron chi connectivity index (χ0n) is 13.1. The van der Waals surface area contributed by atoms with Crippen LogP contribution in [0.1, 0.15) is 39.5 Å². The van der Waals surface area contributed by atoms with Gasteiger partial charge >= 0.3 is 0 Å². The van der Waals surface area contributed by atoms with Gasteiger partial charge in [0.15, 0.2) is 0 Å². The quantitative estimate of drug-likeness (QED) is 0.654. The van der Waals surface area contributed by atoms with Crippen molar-refractivity contribution in [3.63, 3.8) is 0 Å². The second-order valence-corrected chi connectivity index (χ2v) is 5.77. The minimum Gasteiger partial charge on any atom is -0.391 e. The highest BCUT2D eigenvalue weighted by atomic mass is 16.5. The summed E-state index contributed by atoms with van der Waals surface area (Å²) >= 11 is 0. The minimum atomic E-state index is -0.477. The van der Waals surface area contributed by atoms with Crippen molar-refractivity contribution in [2.45, 2.75) is 51.7 Å². The fourth-order valence-corrected chi connectivity index (χ4v) is 2.91. The maximum atomic E-state index is 12.1. The summed E-state index contributed by atoms with van der Waals surface area (Å²) in [6, 6.07) is -0.0579. The smallest absolute Gasteiger partial charge is 0.248 e. The topological polar surface area (TPSA) is 61.8 Å². The molecule has 0 aromatic rings. The molecule has 5 heteroatoms. The lowest BCUT2D eigenvalue weighted by atomic mass is 9.88. The molecule has 0 aliphatic carbocycles. The number of rotatable bonds is 8. The molecule has 0 spiro atoms. The van der Waals surface area contributed by atoms with Crippen molar-refractivity contribution < 1.29 is 14.6 Å². The average Bonchev–Trinajstić information content (AvgIpc) is 2.43. The summed E-state index contributed by atoms with van der Waals surface area (Å²) in [6.45, 7) is 6.82. The van der Waals surface area contributed by atoms with Gasteiger partial charge in [-0.2, -0.15) is 0 Å². The first-order chi connectivity index (χ1) is 9.60. The van der Waals surface area contributed by atoms with Crippen molar-refractivity contribution in [3.05, 3.63) is 0 Å². The van der Waals surface area contributed by atoms with Gasteiger partial charge in [-0.25, -0.2) is 0 Å². The molecule has 1 fully saturated rings. The zero-order chi connectivity index (χ0) is 15.0. The Morgan fingerprint density at radius 2 is 2.20 bits per heavy atom. The van der Waals surface area contributed by atoms with Crippen LogP contribution in [0.5, 0.6) is 0 Å². The van der Waals surface area contributed by atoms with E-state index in [0.29, 0.717) is 5.92 Å². The molecule has 5 nitrogen and oxygen atoms in total. The van der Waals surface area contributed by atoms with Gasteiger partial charge in [0, 0.05) is 13.7 Å². The molecular formula is C15H30N2O3. The molecule has 3 atom stereocenters. The van der Waals surface area contributed by atoms with Crippen LogP contribution >= 0.6 is 0 Å². The summed E-state index contributed by atoms with van der Waals surface area (Å²) < 4.78 is 4.95. The average molecular weight is 286 g/mol. The summed E-state index contributed by atoms with van der Waals surface area (Å²) in [7, 11) is 1.53. The van der Waals surface area contributed by atoms with E-state index in [4.69, 9.17) is 4.74 Å². The highest BCUT2D eigenvalue weighted by Gasteiger charge is 2.33. The number of nitrogens with zero attached hydrogens (tertiary/aromatic N) is 1. The second kappa shape index (κ2) is 9.32. The number of nitrogens with one attached hydrogen (secondary N) is 1. The molecule has 20 heavy (non-hydrogen) atoms. The molecule has 1 unspecified atom stereocenters. The van der Waals surface area contributed by atoms with Crippen molar-refractivity contribution >= 4 is 5.91 Å². The van der Waals surface area contributed by atoms with Gasteiger partial charge in [0.2, 0.25) is 5.91 Å². The van der Waals surface area contributed by atoms with E-state index in [1.165, 1.54) is 7.11 Å². The molecule has 1 saturated heterocycles. The third kappa shape index (κ3) is 5.38. The summed E-state index contributed by atoms with van der Waals surface area (Å²) in [5.41, 5.74) is 0. The largest absolute Gasteiger partial charge is 0.391 e. The van der Waals surface area contributed by atoms with Crippen LogP contribution in [0.25, 0.3) is 0 Å². The Morgan fingerprint density at radius 1 is 1.45 bits per heavy atom.